The fourth-order valence-corrected chi connectivity index (χ4v) is 6.55. The normalized spacial score (nSPS) is 30.2. The van der Waals surface area contributed by atoms with Crippen molar-refractivity contribution < 1.29 is 23.9 Å². The summed E-state index contributed by atoms with van der Waals surface area (Å²) in [7, 11) is 0. The van der Waals surface area contributed by atoms with Gasteiger partial charge in [0.05, 0.1) is 28.1 Å². The van der Waals surface area contributed by atoms with Crippen molar-refractivity contribution in [1.29, 1.82) is 0 Å². The summed E-state index contributed by atoms with van der Waals surface area (Å²) < 4.78 is 5.26. The van der Waals surface area contributed by atoms with Crippen LogP contribution in [0.2, 0.25) is 10.0 Å². The third-order valence-electron chi connectivity index (χ3n) is 7.59. The lowest BCUT2D eigenvalue weighted by Gasteiger charge is -2.37. The number of benzene rings is 2. The van der Waals surface area contributed by atoms with Gasteiger partial charge in [0.25, 0.3) is 0 Å². The molecule has 7 rings (SSSR count). The van der Waals surface area contributed by atoms with Crippen molar-refractivity contribution in [2.24, 2.45) is 35.5 Å². The maximum Gasteiger partial charge on any atom is 0.340 e. The first kappa shape index (κ1) is 21.6. The molecule has 3 fully saturated rings. The van der Waals surface area contributed by atoms with Gasteiger partial charge < -0.3 is 4.74 Å². The second kappa shape index (κ2) is 7.79. The predicted molar refractivity (Wildman–Crippen MR) is 125 cm³/mol. The number of anilines is 1. The van der Waals surface area contributed by atoms with Crippen LogP contribution < -0.4 is 4.90 Å². The van der Waals surface area contributed by atoms with Gasteiger partial charge >= 0.3 is 5.97 Å². The van der Waals surface area contributed by atoms with Crippen molar-refractivity contribution in [2.75, 3.05) is 11.5 Å². The van der Waals surface area contributed by atoms with Crippen LogP contribution in [0.5, 0.6) is 0 Å². The molecule has 4 aliphatic carbocycles. The van der Waals surface area contributed by atoms with Crippen LogP contribution in [0.1, 0.15) is 27.1 Å². The molecule has 0 aromatic heterocycles. The highest BCUT2D eigenvalue weighted by molar-refractivity contribution is 6.37. The summed E-state index contributed by atoms with van der Waals surface area (Å²) in [6.45, 7) is -0.543. The standard InChI is InChI=1S/C26H19Cl2NO5/c27-12-5-6-15(19(28)9-12)21(30)11-34-26(33)16-3-1-2-4-20(16)29-24(31)22-13-7-8-14(18-10-17(13)18)23(22)25(29)32/h1-9,13-14,17-18,22-23H,10-11H2/t13-,14-,17-,18-,22+,23+/m0/s1. The summed E-state index contributed by atoms with van der Waals surface area (Å²) in [5.74, 6) is -1.41. The number of hydrogen-bond donors (Lipinski definition) is 0. The minimum absolute atomic E-state index is 0.0586. The molecule has 2 saturated carbocycles. The lowest BCUT2D eigenvalue weighted by Crippen LogP contribution is -2.40. The second-order valence-electron chi connectivity index (χ2n) is 9.31. The van der Waals surface area contributed by atoms with E-state index in [1.54, 1.807) is 18.2 Å². The van der Waals surface area contributed by atoms with E-state index in [9.17, 15) is 19.2 Å². The Balaban J connectivity index is 1.24. The highest BCUT2D eigenvalue weighted by Gasteiger charge is 2.67. The predicted octanol–water partition coefficient (Wildman–Crippen LogP) is 4.59. The van der Waals surface area contributed by atoms with E-state index in [1.807, 2.05) is 0 Å². The quantitative estimate of drug-likeness (QED) is 0.262. The van der Waals surface area contributed by atoms with Gasteiger partial charge in [-0.3, -0.25) is 14.4 Å². The Morgan fingerprint density at radius 2 is 1.56 bits per heavy atom. The van der Waals surface area contributed by atoms with Gasteiger partial charge in [0.1, 0.15) is 0 Å². The average Bonchev–Trinajstić information content (AvgIpc) is 3.60. The number of carbonyl (C=O) groups excluding carboxylic acids is 4. The molecule has 2 bridgehead atoms. The molecule has 1 aliphatic heterocycles. The van der Waals surface area contributed by atoms with Crippen LogP contribution >= 0.6 is 23.2 Å². The van der Waals surface area contributed by atoms with Gasteiger partial charge in [-0.15, -0.1) is 0 Å². The second-order valence-corrected chi connectivity index (χ2v) is 10.2. The van der Waals surface area contributed by atoms with Crippen LogP contribution in [0.25, 0.3) is 0 Å². The molecule has 0 spiro atoms. The molecule has 0 N–H and O–H groups in total. The first-order valence-electron chi connectivity index (χ1n) is 11.2. The summed E-state index contributed by atoms with van der Waals surface area (Å²) in [6.07, 6.45) is 5.27. The summed E-state index contributed by atoms with van der Waals surface area (Å²) in [5.41, 5.74) is 0.438. The lowest BCUT2D eigenvalue weighted by molar-refractivity contribution is -0.124. The van der Waals surface area contributed by atoms with Crippen molar-refractivity contribution in [3.05, 3.63) is 75.8 Å². The smallest absolute Gasteiger partial charge is 0.340 e. The Morgan fingerprint density at radius 1 is 0.912 bits per heavy atom. The van der Waals surface area contributed by atoms with Crippen LogP contribution in [-0.2, 0) is 14.3 Å². The largest absolute Gasteiger partial charge is 0.454 e. The summed E-state index contributed by atoms with van der Waals surface area (Å²) in [4.78, 5) is 53.5. The van der Waals surface area contributed by atoms with E-state index in [4.69, 9.17) is 27.9 Å². The number of ketones is 1. The van der Waals surface area contributed by atoms with E-state index in [2.05, 4.69) is 12.2 Å². The molecule has 8 heteroatoms. The van der Waals surface area contributed by atoms with Gasteiger partial charge in [-0.1, -0.05) is 47.5 Å². The molecule has 34 heavy (non-hydrogen) atoms. The Labute approximate surface area is 205 Å². The number of rotatable bonds is 5. The molecule has 0 radical (unpaired) electrons. The topological polar surface area (TPSA) is 80.8 Å². The number of carbonyl (C=O) groups is 4. The summed E-state index contributed by atoms with van der Waals surface area (Å²) in [6, 6.07) is 10.8. The minimum Gasteiger partial charge on any atom is -0.454 e. The Morgan fingerprint density at radius 3 is 2.21 bits per heavy atom. The Hall–Kier alpha value is -2.96. The number of nitrogens with zero attached hydrogens (tertiary/aromatic N) is 1. The van der Waals surface area contributed by atoms with Crippen molar-refractivity contribution in [3.8, 4) is 0 Å². The maximum atomic E-state index is 13.4. The monoisotopic (exact) mass is 495 g/mol. The van der Waals surface area contributed by atoms with Crippen LogP contribution in [0, 0.1) is 35.5 Å². The van der Waals surface area contributed by atoms with Gasteiger partial charge in [0, 0.05) is 10.6 Å². The van der Waals surface area contributed by atoms with E-state index in [-0.39, 0.29) is 57.3 Å². The molecule has 1 saturated heterocycles. The van der Waals surface area contributed by atoms with E-state index < -0.39 is 18.4 Å². The molecule has 6 nitrogen and oxygen atoms in total. The molecule has 2 aromatic carbocycles. The number of allylic oxidation sites excluding steroid dienone is 2. The number of esters is 1. The fourth-order valence-electron chi connectivity index (χ4n) is 6.04. The number of halogens is 2. The average molecular weight is 496 g/mol. The molecule has 2 amide bonds. The highest BCUT2D eigenvalue weighted by Crippen LogP contribution is 2.65. The number of Topliss-reactive ketones (excluding diaryl/α,β-unsaturated/α-hetero) is 1. The molecule has 6 atom stereocenters. The number of para-hydroxylation sites is 1. The molecular formula is C26H19Cl2NO5. The van der Waals surface area contributed by atoms with Crippen molar-refractivity contribution in [2.45, 2.75) is 6.42 Å². The molecule has 5 aliphatic rings. The van der Waals surface area contributed by atoms with Crippen LogP contribution in [-0.4, -0.2) is 30.2 Å². The molecule has 172 valence electrons. The van der Waals surface area contributed by atoms with Gasteiger partial charge in [0.15, 0.2) is 6.61 Å². The zero-order valence-electron chi connectivity index (χ0n) is 17.8. The van der Waals surface area contributed by atoms with Crippen LogP contribution in [0.4, 0.5) is 5.69 Å². The molecule has 2 aromatic rings. The van der Waals surface area contributed by atoms with Crippen LogP contribution in [0.15, 0.2) is 54.6 Å². The maximum absolute atomic E-state index is 13.4. The minimum atomic E-state index is -0.798. The summed E-state index contributed by atoms with van der Waals surface area (Å²) in [5, 5.41) is 0.542. The molecule has 0 unspecified atom stereocenters. The van der Waals surface area contributed by atoms with Crippen molar-refractivity contribution >= 4 is 52.5 Å². The number of imide groups is 1. The third-order valence-corrected chi connectivity index (χ3v) is 8.14. The third kappa shape index (κ3) is 3.16. The first-order valence-corrected chi connectivity index (χ1v) is 11.9. The number of ether oxygens (including phenoxy) is 1. The van der Waals surface area contributed by atoms with Gasteiger partial charge in [0.2, 0.25) is 17.6 Å². The SMILES string of the molecule is O=C(COC(=O)c1ccccc1N1C(=O)[C@@H]2[C@H]3C=C[C@@H]([C@@H]4C[C@@H]34)[C@H]2C1=O)c1ccc(Cl)cc1Cl. The number of amides is 2. The number of hydrogen-bond acceptors (Lipinski definition) is 5. The first-order chi connectivity index (χ1) is 16.4. The Kier molecular flexibility index (Phi) is 4.94. The Bertz CT molecular complexity index is 1270. The van der Waals surface area contributed by atoms with E-state index in [1.165, 1.54) is 24.3 Å². The van der Waals surface area contributed by atoms with E-state index in [0.29, 0.717) is 16.9 Å². The highest BCUT2D eigenvalue weighted by atomic mass is 35.5. The van der Waals surface area contributed by atoms with Gasteiger partial charge in [-0.2, -0.15) is 0 Å². The zero-order valence-corrected chi connectivity index (χ0v) is 19.3. The zero-order chi connectivity index (χ0) is 23.7. The van der Waals surface area contributed by atoms with Gasteiger partial charge in [-0.05, 0) is 60.4 Å². The van der Waals surface area contributed by atoms with Crippen molar-refractivity contribution in [3.63, 3.8) is 0 Å². The van der Waals surface area contributed by atoms with E-state index in [0.717, 1.165) is 11.3 Å². The molecular weight excluding hydrogens is 477 g/mol. The lowest BCUT2D eigenvalue weighted by atomic mass is 9.63. The van der Waals surface area contributed by atoms with E-state index >= 15 is 0 Å². The fraction of sp³-hybridized carbons (Fsp3) is 0.308. The molecule has 1 heterocycles. The summed E-state index contributed by atoms with van der Waals surface area (Å²) >= 11 is 11.9. The van der Waals surface area contributed by atoms with Crippen LogP contribution in [0.3, 0.4) is 0 Å². The van der Waals surface area contributed by atoms with Crippen molar-refractivity contribution in [1.82, 2.24) is 0 Å². The van der Waals surface area contributed by atoms with Gasteiger partial charge in [-0.25, -0.2) is 9.69 Å².